The number of hydrogen-bond acceptors (Lipinski definition) is 2. The van der Waals surface area contributed by atoms with Crippen LogP contribution < -0.4 is 10.6 Å². The molecule has 0 radical (unpaired) electrons. The predicted molar refractivity (Wildman–Crippen MR) is 75.8 cm³/mol. The van der Waals surface area contributed by atoms with E-state index in [1.807, 2.05) is 25.1 Å². The third-order valence-corrected chi connectivity index (χ3v) is 2.93. The van der Waals surface area contributed by atoms with Crippen molar-refractivity contribution in [3.8, 4) is 0 Å². The molecular formula is C12H15IN2O2. The monoisotopic (exact) mass is 346 g/mol. The Morgan fingerprint density at radius 1 is 1.35 bits per heavy atom. The highest BCUT2D eigenvalue weighted by Crippen LogP contribution is 2.17. The molecule has 92 valence electrons. The van der Waals surface area contributed by atoms with Crippen molar-refractivity contribution < 1.29 is 9.59 Å². The summed E-state index contributed by atoms with van der Waals surface area (Å²) in [6.45, 7) is 4.97. The standard InChI is InChI=1S/C12H15IN2O2/c1-7-6-10(13)4-5-11(7)15-12(17)8(2)14-9(3)16/h4-6,8H,1-3H3,(H,14,16)(H,15,17). The Hall–Kier alpha value is -1.11. The maximum absolute atomic E-state index is 11.8. The number of benzene rings is 1. The third-order valence-electron chi connectivity index (χ3n) is 2.26. The molecule has 0 fully saturated rings. The molecule has 0 spiro atoms. The van der Waals surface area contributed by atoms with Crippen LogP contribution in [0.2, 0.25) is 0 Å². The zero-order valence-corrected chi connectivity index (χ0v) is 12.2. The topological polar surface area (TPSA) is 58.2 Å². The smallest absolute Gasteiger partial charge is 0.246 e. The Morgan fingerprint density at radius 2 is 2.00 bits per heavy atom. The van der Waals surface area contributed by atoms with Crippen molar-refractivity contribution in [1.29, 1.82) is 0 Å². The second kappa shape index (κ2) is 6.00. The van der Waals surface area contributed by atoms with Gasteiger partial charge in [-0.3, -0.25) is 9.59 Å². The molecule has 1 rings (SSSR count). The van der Waals surface area contributed by atoms with Gasteiger partial charge in [0.1, 0.15) is 6.04 Å². The molecule has 0 aromatic heterocycles. The van der Waals surface area contributed by atoms with Crippen LogP contribution >= 0.6 is 22.6 Å². The highest BCUT2D eigenvalue weighted by atomic mass is 127. The number of carbonyl (C=O) groups is 2. The fraction of sp³-hybridized carbons (Fsp3) is 0.333. The molecule has 0 aliphatic heterocycles. The molecule has 1 unspecified atom stereocenters. The second-order valence-electron chi connectivity index (χ2n) is 3.87. The molecule has 4 nitrogen and oxygen atoms in total. The number of hydrogen-bond donors (Lipinski definition) is 2. The van der Waals surface area contributed by atoms with Gasteiger partial charge >= 0.3 is 0 Å². The Kier molecular flexibility index (Phi) is 4.92. The van der Waals surface area contributed by atoms with Crippen LogP contribution in [0.25, 0.3) is 0 Å². The van der Waals surface area contributed by atoms with E-state index in [0.717, 1.165) is 14.8 Å². The van der Waals surface area contributed by atoms with Gasteiger partial charge in [-0.25, -0.2) is 0 Å². The van der Waals surface area contributed by atoms with Crippen LogP contribution in [0.3, 0.4) is 0 Å². The van der Waals surface area contributed by atoms with E-state index in [1.165, 1.54) is 6.92 Å². The maximum atomic E-state index is 11.8. The minimum atomic E-state index is -0.536. The zero-order chi connectivity index (χ0) is 13.0. The lowest BCUT2D eigenvalue weighted by atomic mass is 10.2. The average Bonchev–Trinajstić information content (AvgIpc) is 2.21. The summed E-state index contributed by atoms with van der Waals surface area (Å²) < 4.78 is 1.12. The molecule has 2 amide bonds. The van der Waals surface area contributed by atoms with Gasteiger partial charge in [0.05, 0.1) is 0 Å². The lowest BCUT2D eigenvalue weighted by molar-refractivity contribution is -0.124. The number of rotatable bonds is 3. The number of anilines is 1. The minimum Gasteiger partial charge on any atom is -0.345 e. The van der Waals surface area contributed by atoms with Crippen molar-refractivity contribution in [3.63, 3.8) is 0 Å². The lowest BCUT2D eigenvalue weighted by Gasteiger charge is -2.14. The third kappa shape index (κ3) is 4.33. The molecule has 17 heavy (non-hydrogen) atoms. The van der Waals surface area contributed by atoms with Gasteiger partial charge in [-0.2, -0.15) is 0 Å². The van der Waals surface area contributed by atoms with Crippen molar-refractivity contribution in [1.82, 2.24) is 5.32 Å². The van der Waals surface area contributed by atoms with Gasteiger partial charge in [-0.1, -0.05) is 0 Å². The first-order valence-electron chi connectivity index (χ1n) is 5.24. The van der Waals surface area contributed by atoms with Crippen LogP contribution in [-0.4, -0.2) is 17.9 Å². The fourth-order valence-corrected chi connectivity index (χ4v) is 2.03. The highest BCUT2D eigenvalue weighted by molar-refractivity contribution is 14.1. The molecule has 1 aromatic carbocycles. The Morgan fingerprint density at radius 3 is 2.53 bits per heavy atom. The van der Waals surface area contributed by atoms with E-state index >= 15 is 0 Å². The highest BCUT2D eigenvalue weighted by Gasteiger charge is 2.14. The van der Waals surface area contributed by atoms with E-state index < -0.39 is 6.04 Å². The summed E-state index contributed by atoms with van der Waals surface area (Å²) in [6, 6.07) is 5.23. The van der Waals surface area contributed by atoms with Gasteiger partial charge in [0.25, 0.3) is 0 Å². The van der Waals surface area contributed by atoms with Crippen LogP contribution in [0.1, 0.15) is 19.4 Å². The van der Waals surface area contributed by atoms with Crippen LogP contribution in [0.5, 0.6) is 0 Å². The number of amides is 2. The van der Waals surface area contributed by atoms with Crippen molar-refractivity contribution in [3.05, 3.63) is 27.3 Å². The molecule has 0 saturated carbocycles. The Balaban J connectivity index is 2.71. The summed E-state index contributed by atoms with van der Waals surface area (Å²) in [6.07, 6.45) is 0. The molecule has 1 atom stereocenters. The molecule has 0 aliphatic carbocycles. The van der Waals surface area contributed by atoms with E-state index in [1.54, 1.807) is 6.92 Å². The first-order chi connectivity index (χ1) is 7.90. The van der Waals surface area contributed by atoms with Gasteiger partial charge < -0.3 is 10.6 Å². The molecule has 0 bridgehead atoms. The largest absolute Gasteiger partial charge is 0.345 e. The summed E-state index contributed by atoms with van der Waals surface area (Å²) in [4.78, 5) is 22.6. The zero-order valence-electron chi connectivity index (χ0n) is 10.0. The summed E-state index contributed by atoms with van der Waals surface area (Å²) >= 11 is 2.22. The average molecular weight is 346 g/mol. The van der Waals surface area contributed by atoms with Gasteiger partial charge in [-0.15, -0.1) is 0 Å². The predicted octanol–water partition coefficient (Wildman–Crippen LogP) is 2.06. The van der Waals surface area contributed by atoms with Gasteiger partial charge in [0.15, 0.2) is 0 Å². The fourth-order valence-electron chi connectivity index (χ4n) is 1.38. The maximum Gasteiger partial charge on any atom is 0.246 e. The molecule has 0 saturated heterocycles. The van der Waals surface area contributed by atoms with E-state index in [4.69, 9.17) is 0 Å². The molecule has 1 aromatic rings. The van der Waals surface area contributed by atoms with Gasteiger partial charge in [-0.05, 0) is 60.2 Å². The first kappa shape index (κ1) is 14.0. The molecular weight excluding hydrogens is 331 g/mol. The van der Waals surface area contributed by atoms with Crippen LogP contribution in [0, 0.1) is 10.5 Å². The molecule has 5 heteroatoms. The van der Waals surface area contributed by atoms with E-state index in [-0.39, 0.29) is 11.8 Å². The lowest BCUT2D eigenvalue weighted by Crippen LogP contribution is -2.40. The van der Waals surface area contributed by atoms with Crippen LogP contribution in [-0.2, 0) is 9.59 Å². The Bertz CT molecular complexity index is 446. The SMILES string of the molecule is CC(=O)NC(C)C(=O)Nc1ccc(I)cc1C. The first-order valence-corrected chi connectivity index (χ1v) is 6.32. The van der Waals surface area contributed by atoms with Crippen molar-refractivity contribution in [2.75, 3.05) is 5.32 Å². The van der Waals surface area contributed by atoms with Crippen molar-refractivity contribution in [2.45, 2.75) is 26.8 Å². The summed E-state index contributed by atoms with van der Waals surface area (Å²) in [5.41, 5.74) is 1.77. The van der Waals surface area contributed by atoms with Crippen molar-refractivity contribution >= 4 is 40.1 Å². The van der Waals surface area contributed by atoms with E-state index in [2.05, 4.69) is 33.2 Å². The van der Waals surface area contributed by atoms with Gasteiger partial charge in [0, 0.05) is 16.2 Å². The second-order valence-corrected chi connectivity index (χ2v) is 5.12. The minimum absolute atomic E-state index is 0.216. The summed E-state index contributed by atoms with van der Waals surface area (Å²) in [5, 5.41) is 5.33. The van der Waals surface area contributed by atoms with Crippen LogP contribution in [0.15, 0.2) is 18.2 Å². The van der Waals surface area contributed by atoms with Crippen molar-refractivity contribution in [2.24, 2.45) is 0 Å². The molecule has 0 aliphatic rings. The summed E-state index contributed by atoms with van der Waals surface area (Å²) in [5.74, 6) is -0.434. The van der Waals surface area contributed by atoms with Crippen LogP contribution in [0.4, 0.5) is 5.69 Å². The normalized spacial score (nSPS) is 11.8. The number of halogens is 1. The summed E-state index contributed by atoms with van der Waals surface area (Å²) in [7, 11) is 0. The van der Waals surface area contributed by atoms with Gasteiger partial charge in [0.2, 0.25) is 11.8 Å². The number of carbonyl (C=O) groups excluding carboxylic acids is 2. The number of nitrogens with one attached hydrogen (secondary N) is 2. The number of aryl methyl sites for hydroxylation is 1. The van der Waals surface area contributed by atoms with E-state index in [0.29, 0.717) is 0 Å². The van der Waals surface area contributed by atoms with E-state index in [9.17, 15) is 9.59 Å². The Labute approximate surface area is 114 Å². The molecule has 0 heterocycles. The quantitative estimate of drug-likeness (QED) is 0.824. The molecule has 2 N–H and O–H groups in total.